The smallest absolute Gasteiger partial charge is 0.0958 e. The van der Waals surface area contributed by atoms with Gasteiger partial charge in [0.1, 0.15) is 0 Å². The summed E-state index contributed by atoms with van der Waals surface area (Å²) in [6.07, 6.45) is 5.47. The lowest BCUT2D eigenvalue weighted by Crippen LogP contribution is -2.42. The molecular formula is C17H25N3O. The molecule has 0 bridgehead atoms. The Kier molecular flexibility index (Phi) is 4.88. The molecule has 4 heteroatoms. The van der Waals surface area contributed by atoms with Crippen molar-refractivity contribution in [3.05, 3.63) is 30.6 Å². The lowest BCUT2D eigenvalue weighted by atomic mass is 9.91. The zero-order chi connectivity index (χ0) is 14.5. The zero-order valence-electron chi connectivity index (χ0n) is 12.8. The van der Waals surface area contributed by atoms with Gasteiger partial charge in [0, 0.05) is 25.8 Å². The van der Waals surface area contributed by atoms with Crippen LogP contribution in [-0.4, -0.2) is 35.4 Å². The van der Waals surface area contributed by atoms with Gasteiger partial charge in [0.25, 0.3) is 0 Å². The lowest BCUT2D eigenvalue weighted by molar-refractivity contribution is 0.0515. The van der Waals surface area contributed by atoms with Crippen molar-refractivity contribution in [2.24, 2.45) is 5.92 Å². The summed E-state index contributed by atoms with van der Waals surface area (Å²) in [7, 11) is 0. The van der Waals surface area contributed by atoms with Crippen LogP contribution in [-0.2, 0) is 11.3 Å². The normalized spacial score (nSPS) is 18.1. The molecule has 1 aliphatic rings. The molecule has 1 aromatic carbocycles. The van der Waals surface area contributed by atoms with E-state index >= 15 is 0 Å². The van der Waals surface area contributed by atoms with Gasteiger partial charge < -0.3 is 14.6 Å². The van der Waals surface area contributed by atoms with Gasteiger partial charge in [0.05, 0.1) is 17.4 Å². The van der Waals surface area contributed by atoms with Gasteiger partial charge in [0.2, 0.25) is 0 Å². The first-order valence-electron chi connectivity index (χ1n) is 8.09. The molecule has 1 unspecified atom stereocenters. The van der Waals surface area contributed by atoms with Crippen LogP contribution in [0, 0.1) is 5.92 Å². The van der Waals surface area contributed by atoms with E-state index in [-0.39, 0.29) is 0 Å². The molecule has 0 spiro atoms. The Morgan fingerprint density at radius 3 is 2.95 bits per heavy atom. The van der Waals surface area contributed by atoms with E-state index in [9.17, 15) is 0 Å². The van der Waals surface area contributed by atoms with Gasteiger partial charge in [-0.2, -0.15) is 0 Å². The first-order valence-corrected chi connectivity index (χ1v) is 8.09. The third-order valence-electron chi connectivity index (χ3n) is 4.41. The van der Waals surface area contributed by atoms with Crippen molar-refractivity contribution in [2.75, 3.05) is 19.8 Å². The molecule has 114 valence electrons. The second-order valence-electron chi connectivity index (χ2n) is 5.90. The van der Waals surface area contributed by atoms with Crippen LogP contribution in [0.4, 0.5) is 0 Å². The number of imidazole rings is 1. The van der Waals surface area contributed by atoms with E-state index in [0.29, 0.717) is 12.0 Å². The van der Waals surface area contributed by atoms with E-state index in [1.807, 2.05) is 12.4 Å². The molecule has 0 aliphatic carbocycles. The largest absolute Gasteiger partial charge is 0.381 e. The molecule has 1 fully saturated rings. The fourth-order valence-electron chi connectivity index (χ4n) is 3.20. The van der Waals surface area contributed by atoms with Crippen LogP contribution >= 0.6 is 0 Å². The minimum atomic E-state index is 0.506. The van der Waals surface area contributed by atoms with E-state index in [4.69, 9.17) is 4.74 Å². The molecular weight excluding hydrogens is 262 g/mol. The summed E-state index contributed by atoms with van der Waals surface area (Å²) in [4.78, 5) is 4.51. The van der Waals surface area contributed by atoms with Crippen LogP contribution in [0.5, 0.6) is 0 Å². The van der Waals surface area contributed by atoms with Gasteiger partial charge in [0.15, 0.2) is 0 Å². The molecule has 3 rings (SSSR count). The molecule has 1 aliphatic heterocycles. The van der Waals surface area contributed by atoms with Crippen molar-refractivity contribution in [3.63, 3.8) is 0 Å². The maximum atomic E-state index is 5.51. The van der Waals surface area contributed by atoms with Gasteiger partial charge in [-0.1, -0.05) is 19.1 Å². The number of hydrogen-bond acceptors (Lipinski definition) is 3. The van der Waals surface area contributed by atoms with Gasteiger partial charge in [-0.25, -0.2) is 4.98 Å². The Morgan fingerprint density at radius 1 is 1.33 bits per heavy atom. The summed E-state index contributed by atoms with van der Waals surface area (Å²) >= 11 is 0. The SMILES string of the molecule is CCCNC(Cn1cnc2ccccc21)C1CCOCC1. The lowest BCUT2D eigenvalue weighted by Gasteiger charge is -2.31. The minimum absolute atomic E-state index is 0.506. The highest BCUT2D eigenvalue weighted by atomic mass is 16.5. The molecule has 21 heavy (non-hydrogen) atoms. The van der Waals surface area contributed by atoms with Crippen molar-refractivity contribution >= 4 is 11.0 Å². The topological polar surface area (TPSA) is 39.1 Å². The summed E-state index contributed by atoms with van der Waals surface area (Å²) in [5.74, 6) is 0.700. The number of rotatable bonds is 6. The number of ether oxygens (including phenoxy) is 1. The molecule has 2 aromatic rings. The first-order chi connectivity index (χ1) is 10.4. The highest BCUT2D eigenvalue weighted by molar-refractivity contribution is 5.74. The zero-order valence-corrected chi connectivity index (χ0v) is 12.8. The number of aromatic nitrogens is 2. The van der Waals surface area contributed by atoms with Crippen LogP contribution in [0.3, 0.4) is 0 Å². The van der Waals surface area contributed by atoms with Crippen molar-refractivity contribution in [1.82, 2.24) is 14.9 Å². The number of nitrogens with zero attached hydrogens (tertiary/aromatic N) is 2. The van der Waals surface area contributed by atoms with Crippen LogP contribution in [0.2, 0.25) is 0 Å². The van der Waals surface area contributed by atoms with Gasteiger partial charge >= 0.3 is 0 Å². The fraction of sp³-hybridized carbons (Fsp3) is 0.588. The Labute approximate surface area is 126 Å². The summed E-state index contributed by atoms with van der Waals surface area (Å²) in [6, 6.07) is 8.87. The number of fused-ring (bicyclic) bond motifs is 1. The average Bonchev–Trinajstić information content (AvgIpc) is 2.95. The first kappa shape index (κ1) is 14.5. The monoisotopic (exact) mass is 287 g/mol. The predicted octanol–water partition coefficient (Wildman–Crippen LogP) is 2.83. The summed E-state index contributed by atoms with van der Waals surface area (Å²) in [5.41, 5.74) is 2.31. The Morgan fingerprint density at radius 2 is 2.14 bits per heavy atom. The Bertz CT molecular complexity index is 560. The summed E-state index contributed by atoms with van der Waals surface area (Å²) in [5, 5.41) is 3.74. The van der Waals surface area contributed by atoms with E-state index in [1.165, 1.54) is 11.9 Å². The molecule has 0 saturated carbocycles. The maximum Gasteiger partial charge on any atom is 0.0958 e. The number of nitrogens with one attached hydrogen (secondary N) is 1. The molecule has 4 nitrogen and oxygen atoms in total. The Balaban J connectivity index is 1.76. The van der Waals surface area contributed by atoms with Crippen molar-refractivity contribution < 1.29 is 4.74 Å². The molecule has 1 atom stereocenters. The molecule has 1 aromatic heterocycles. The number of benzene rings is 1. The van der Waals surface area contributed by atoms with Crippen LogP contribution in [0.25, 0.3) is 11.0 Å². The average molecular weight is 287 g/mol. The minimum Gasteiger partial charge on any atom is -0.381 e. The summed E-state index contributed by atoms with van der Waals surface area (Å²) < 4.78 is 7.80. The highest BCUT2D eigenvalue weighted by Crippen LogP contribution is 2.21. The van der Waals surface area contributed by atoms with Crippen molar-refractivity contribution in [1.29, 1.82) is 0 Å². The second-order valence-corrected chi connectivity index (χ2v) is 5.90. The maximum absolute atomic E-state index is 5.51. The van der Waals surface area contributed by atoms with Crippen molar-refractivity contribution in [3.8, 4) is 0 Å². The van der Waals surface area contributed by atoms with Crippen LogP contribution in [0.1, 0.15) is 26.2 Å². The molecule has 0 radical (unpaired) electrons. The standard InChI is InChI=1S/C17H25N3O/c1-2-9-18-16(14-7-10-21-11-8-14)12-20-13-19-15-5-3-4-6-17(15)20/h3-6,13-14,16,18H,2,7-12H2,1H3. The van der Waals surface area contributed by atoms with E-state index in [0.717, 1.165) is 44.7 Å². The van der Waals surface area contributed by atoms with Crippen LogP contribution in [0.15, 0.2) is 30.6 Å². The Hall–Kier alpha value is -1.39. The second kappa shape index (κ2) is 7.05. The van der Waals surface area contributed by atoms with E-state index < -0.39 is 0 Å². The van der Waals surface area contributed by atoms with Crippen LogP contribution < -0.4 is 5.32 Å². The highest BCUT2D eigenvalue weighted by Gasteiger charge is 2.24. The third kappa shape index (κ3) is 3.44. The molecule has 1 N–H and O–H groups in total. The molecule has 0 amide bonds. The van der Waals surface area contributed by atoms with Gasteiger partial charge in [-0.3, -0.25) is 0 Å². The fourth-order valence-corrected chi connectivity index (χ4v) is 3.20. The van der Waals surface area contributed by atoms with E-state index in [1.54, 1.807) is 0 Å². The van der Waals surface area contributed by atoms with E-state index in [2.05, 4.69) is 40.0 Å². The van der Waals surface area contributed by atoms with Gasteiger partial charge in [-0.05, 0) is 43.9 Å². The van der Waals surface area contributed by atoms with Crippen molar-refractivity contribution in [2.45, 2.75) is 38.8 Å². The molecule has 2 heterocycles. The third-order valence-corrected chi connectivity index (χ3v) is 4.41. The quantitative estimate of drug-likeness (QED) is 0.888. The predicted molar refractivity (Wildman–Crippen MR) is 85.4 cm³/mol. The van der Waals surface area contributed by atoms with Gasteiger partial charge in [-0.15, -0.1) is 0 Å². The molecule has 1 saturated heterocycles. The number of hydrogen-bond donors (Lipinski definition) is 1. The summed E-state index contributed by atoms with van der Waals surface area (Å²) in [6.45, 7) is 6.10. The number of para-hydroxylation sites is 2.